The Balaban J connectivity index is 1.71. The van der Waals surface area contributed by atoms with Crippen molar-refractivity contribution in [2.45, 2.75) is 32.4 Å². The highest BCUT2D eigenvalue weighted by molar-refractivity contribution is 6.09. The molecular weight excluding hydrogens is 342 g/mol. The minimum absolute atomic E-state index is 0.300. The van der Waals surface area contributed by atoms with Crippen LogP contribution in [0.3, 0.4) is 0 Å². The number of amides is 4. The summed E-state index contributed by atoms with van der Waals surface area (Å²) in [5.74, 6) is -0.771. The molecule has 1 saturated heterocycles. The van der Waals surface area contributed by atoms with E-state index in [4.69, 9.17) is 0 Å². The fourth-order valence-corrected chi connectivity index (χ4v) is 3.24. The first-order valence-electron chi connectivity index (χ1n) is 8.98. The summed E-state index contributed by atoms with van der Waals surface area (Å²) in [5.41, 5.74) is 1.62. The van der Waals surface area contributed by atoms with Crippen LogP contribution in [0.4, 0.5) is 4.79 Å². The molecule has 2 N–H and O–H groups in total. The molecule has 0 aromatic heterocycles. The van der Waals surface area contributed by atoms with E-state index in [1.165, 1.54) is 0 Å². The fraction of sp³-hybridized carbons (Fsp3) is 0.286. The van der Waals surface area contributed by atoms with Gasteiger partial charge in [0.05, 0.1) is 0 Å². The summed E-state index contributed by atoms with van der Waals surface area (Å²) >= 11 is 0. The van der Waals surface area contributed by atoms with Crippen molar-refractivity contribution in [3.05, 3.63) is 71.3 Å². The van der Waals surface area contributed by atoms with Gasteiger partial charge in [0.1, 0.15) is 12.1 Å². The lowest BCUT2D eigenvalue weighted by molar-refractivity contribution is -0.135. The number of urea groups is 1. The van der Waals surface area contributed by atoms with Crippen LogP contribution in [0.2, 0.25) is 0 Å². The number of imide groups is 1. The molecule has 0 aliphatic carbocycles. The van der Waals surface area contributed by atoms with Crippen LogP contribution in [0.5, 0.6) is 0 Å². The standard InChI is InChI=1S/C21H23N3O3/c1-3-21(17-11-9-15(2)10-12-17)19(26)24(20(27)23-21)14-18(25)22-13-16-7-5-4-6-8-16/h4-12H,3,13-14H2,1-2H3,(H,22,25)(H,23,27). The number of hydrogen-bond donors (Lipinski definition) is 2. The van der Waals surface area contributed by atoms with Crippen molar-refractivity contribution in [3.8, 4) is 0 Å². The van der Waals surface area contributed by atoms with Gasteiger partial charge in [-0.1, -0.05) is 67.1 Å². The summed E-state index contributed by atoms with van der Waals surface area (Å²) in [6.07, 6.45) is 0.406. The van der Waals surface area contributed by atoms with Crippen molar-refractivity contribution in [1.82, 2.24) is 15.5 Å². The van der Waals surface area contributed by atoms with Crippen molar-refractivity contribution in [2.24, 2.45) is 0 Å². The SMILES string of the molecule is CCC1(c2ccc(C)cc2)NC(=O)N(CC(=O)NCc2ccccc2)C1=O. The van der Waals surface area contributed by atoms with Crippen LogP contribution in [-0.2, 0) is 21.7 Å². The molecule has 1 heterocycles. The van der Waals surface area contributed by atoms with Gasteiger partial charge in [-0.2, -0.15) is 0 Å². The maximum Gasteiger partial charge on any atom is 0.325 e. The number of nitrogens with zero attached hydrogens (tertiary/aromatic N) is 1. The lowest BCUT2D eigenvalue weighted by atomic mass is 9.87. The number of nitrogens with one attached hydrogen (secondary N) is 2. The second-order valence-electron chi connectivity index (χ2n) is 6.71. The van der Waals surface area contributed by atoms with E-state index in [9.17, 15) is 14.4 Å². The van der Waals surface area contributed by atoms with Gasteiger partial charge in [-0.3, -0.25) is 14.5 Å². The molecule has 1 atom stereocenters. The molecular formula is C21H23N3O3. The predicted molar refractivity (Wildman–Crippen MR) is 102 cm³/mol. The summed E-state index contributed by atoms with van der Waals surface area (Å²) < 4.78 is 0. The molecule has 3 rings (SSSR count). The Labute approximate surface area is 158 Å². The second-order valence-corrected chi connectivity index (χ2v) is 6.71. The lowest BCUT2D eigenvalue weighted by Crippen LogP contribution is -2.44. The lowest BCUT2D eigenvalue weighted by Gasteiger charge is -2.25. The summed E-state index contributed by atoms with van der Waals surface area (Å²) in [7, 11) is 0. The van der Waals surface area contributed by atoms with Gasteiger partial charge in [0.25, 0.3) is 5.91 Å². The molecule has 140 valence electrons. The van der Waals surface area contributed by atoms with Crippen molar-refractivity contribution < 1.29 is 14.4 Å². The monoisotopic (exact) mass is 365 g/mol. The smallest absolute Gasteiger partial charge is 0.325 e. The van der Waals surface area contributed by atoms with E-state index in [1.54, 1.807) is 0 Å². The van der Waals surface area contributed by atoms with Crippen LogP contribution in [0.25, 0.3) is 0 Å². The number of aryl methyl sites for hydroxylation is 1. The first-order valence-corrected chi connectivity index (χ1v) is 8.98. The van der Waals surface area contributed by atoms with Gasteiger partial charge in [0.2, 0.25) is 5.91 Å². The van der Waals surface area contributed by atoms with Gasteiger partial charge in [0, 0.05) is 6.54 Å². The quantitative estimate of drug-likeness (QED) is 0.772. The Kier molecular flexibility index (Phi) is 5.26. The Bertz CT molecular complexity index is 849. The van der Waals surface area contributed by atoms with Crippen LogP contribution < -0.4 is 10.6 Å². The molecule has 0 saturated carbocycles. The molecule has 0 spiro atoms. The Morgan fingerprint density at radius 3 is 2.37 bits per heavy atom. The molecule has 4 amide bonds. The van der Waals surface area contributed by atoms with Crippen LogP contribution >= 0.6 is 0 Å². The van der Waals surface area contributed by atoms with Crippen molar-refractivity contribution in [2.75, 3.05) is 6.54 Å². The van der Waals surface area contributed by atoms with E-state index in [-0.39, 0.29) is 12.5 Å². The van der Waals surface area contributed by atoms with Crippen molar-refractivity contribution in [1.29, 1.82) is 0 Å². The maximum atomic E-state index is 13.0. The van der Waals surface area contributed by atoms with Crippen molar-refractivity contribution in [3.63, 3.8) is 0 Å². The number of carbonyl (C=O) groups excluding carboxylic acids is 3. The van der Waals surface area contributed by atoms with Gasteiger partial charge in [-0.05, 0) is 24.5 Å². The van der Waals surface area contributed by atoms with E-state index in [2.05, 4.69) is 10.6 Å². The molecule has 27 heavy (non-hydrogen) atoms. The highest BCUT2D eigenvalue weighted by Crippen LogP contribution is 2.32. The van der Waals surface area contributed by atoms with Gasteiger partial charge >= 0.3 is 6.03 Å². The molecule has 1 fully saturated rings. The zero-order valence-corrected chi connectivity index (χ0v) is 15.5. The van der Waals surface area contributed by atoms with E-state index in [0.29, 0.717) is 13.0 Å². The number of benzene rings is 2. The number of hydrogen-bond acceptors (Lipinski definition) is 3. The summed E-state index contributed by atoms with van der Waals surface area (Å²) in [4.78, 5) is 38.7. The third-order valence-electron chi connectivity index (χ3n) is 4.88. The highest BCUT2D eigenvalue weighted by Gasteiger charge is 2.51. The van der Waals surface area contributed by atoms with Gasteiger partial charge in [-0.25, -0.2) is 4.79 Å². The highest BCUT2D eigenvalue weighted by atomic mass is 16.2. The fourth-order valence-electron chi connectivity index (χ4n) is 3.24. The summed E-state index contributed by atoms with van der Waals surface area (Å²) in [6.45, 7) is 3.85. The molecule has 0 bridgehead atoms. The van der Waals surface area contributed by atoms with Gasteiger partial charge < -0.3 is 10.6 Å². The van der Waals surface area contributed by atoms with Crippen LogP contribution in [0, 0.1) is 6.92 Å². The second kappa shape index (κ2) is 7.61. The molecule has 6 heteroatoms. The zero-order chi connectivity index (χ0) is 19.4. The van der Waals surface area contributed by atoms with Crippen LogP contribution in [-0.4, -0.2) is 29.3 Å². The largest absolute Gasteiger partial charge is 0.350 e. The third-order valence-corrected chi connectivity index (χ3v) is 4.88. The van der Waals surface area contributed by atoms with Crippen molar-refractivity contribution >= 4 is 17.8 Å². The molecule has 2 aromatic carbocycles. The van der Waals surface area contributed by atoms with Crippen LogP contribution in [0.15, 0.2) is 54.6 Å². The normalized spacial score (nSPS) is 19.1. The minimum atomic E-state index is -1.12. The molecule has 2 aromatic rings. The Morgan fingerprint density at radius 1 is 1.07 bits per heavy atom. The molecule has 1 unspecified atom stereocenters. The Morgan fingerprint density at radius 2 is 1.74 bits per heavy atom. The number of rotatable bonds is 6. The first kappa shape index (κ1) is 18.6. The summed E-state index contributed by atoms with van der Waals surface area (Å²) in [6, 6.07) is 16.4. The average molecular weight is 365 g/mol. The van der Waals surface area contributed by atoms with E-state index in [0.717, 1.165) is 21.6 Å². The first-order chi connectivity index (χ1) is 13.0. The van der Waals surface area contributed by atoms with E-state index in [1.807, 2.05) is 68.4 Å². The topological polar surface area (TPSA) is 78.5 Å². The minimum Gasteiger partial charge on any atom is -0.350 e. The third kappa shape index (κ3) is 3.69. The van der Waals surface area contributed by atoms with Gasteiger partial charge in [-0.15, -0.1) is 0 Å². The van der Waals surface area contributed by atoms with E-state index >= 15 is 0 Å². The number of carbonyl (C=O) groups is 3. The molecule has 1 aliphatic heterocycles. The predicted octanol–water partition coefficient (Wildman–Crippen LogP) is 2.47. The molecule has 0 radical (unpaired) electrons. The molecule has 6 nitrogen and oxygen atoms in total. The molecule has 1 aliphatic rings. The Hall–Kier alpha value is -3.15. The van der Waals surface area contributed by atoms with Gasteiger partial charge in [0.15, 0.2) is 0 Å². The summed E-state index contributed by atoms with van der Waals surface area (Å²) in [5, 5.41) is 5.54. The van der Waals surface area contributed by atoms with Crippen LogP contribution in [0.1, 0.15) is 30.0 Å². The maximum absolute atomic E-state index is 13.0. The zero-order valence-electron chi connectivity index (χ0n) is 15.5. The van der Waals surface area contributed by atoms with E-state index < -0.39 is 17.5 Å². The average Bonchev–Trinajstić information content (AvgIpc) is 2.93.